The van der Waals surface area contributed by atoms with Gasteiger partial charge in [-0.05, 0) is 68.1 Å². The molecule has 2 aromatic carbocycles. The average Bonchev–Trinajstić information content (AvgIpc) is 3.15. The van der Waals surface area contributed by atoms with Gasteiger partial charge in [-0.15, -0.1) is 0 Å². The Morgan fingerprint density at radius 1 is 0.919 bits per heavy atom. The maximum absolute atomic E-state index is 13.3. The number of carbonyl (C=O) groups is 2. The average molecular weight is 570 g/mol. The van der Waals surface area contributed by atoms with E-state index in [-0.39, 0.29) is 11.3 Å². The third kappa shape index (κ3) is 7.32. The smallest absolute Gasteiger partial charge is 0.295 e. The van der Waals surface area contributed by atoms with Gasteiger partial charge < -0.3 is 14.9 Å². The number of ketones is 1. The van der Waals surface area contributed by atoms with Crippen LogP contribution >= 0.6 is 15.9 Å². The zero-order chi connectivity index (χ0) is 26.9. The lowest BCUT2D eigenvalue weighted by Crippen LogP contribution is -2.34. The maximum atomic E-state index is 13.3. The molecule has 1 saturated heterocycles. The Bertz CT molecular complexity index is 1070. The number of Topliss-reactive ketones (excluding diaryl/α,β-unsaturated/α-hetero) is 1. The molecule has 1 N–H and O–H groups in total. The molecule has 1 aliphatic rings. The van der Waals surface area contributed by atoms with Crippen LogP contribution in [0.4, 0.5) is 0 Å². The van der Waals surface area contributed by atoms with Crippen LogP contribution in [-0.2, 0) is 9.59 Å². The first-order valence-electron chi connectivity index (χ1n) is 13.6. The Morgan fingerprint density at radius 3 is 2.03 bits per heavy atom. The molecule has 3 rings (SSSR count). The summed E-state index contributed by atoms with van der Waals surface area (Å²) in [5.74, 6) is -0.906. The molecule has 1 fully saturated rings. The van der Waals surface area contributed by atoms with Gasteiger partial charge in [0.05, 0.1) is 11.6 Å². The number of amides is 1. The molecule has 0 saturated carbocycles. The maximum Gasteiger partial charge on any atom is 0.295 e. The third-order valence-electron chi connectivity index (χ3n) is 7.11. The number of rotatable bonds is 13. The van der Waals surface area contributed by atoms with Crippen LogP contribution in [0.3, 0.4) is 0 Å². The summed E-state index contributed by atoms with van der Waals surface area (Å²) in [6.45, 7) is 12.1. The standard InChI is InChI=1S/C31H41BrN2O3/c1-5-7-18-33(19-8-6-2)20-9-21-34-28(24-12-10-23(11-13-24)22(3)4)27(30(36)31(34)37)29(35)25-14-16-26(32)17-15-25/h10-17,22,28,35H,5-9,18-21H2,1-4H3/b29-27+. The molecule has 0 aliphatic carbocycles. The lowest BCUT2D eigenvalue weighted by molar-refractivity contribution is -0.140. The van der Waals surface area contributed by atoms with Crippen molar-refractivity contribution in [2.24, 2.45) is 0 Å². The van der Waals surface area contributed by atoms with Crippen LogP contribution in [0.1, 0.15) is 88.4 Å². The number of aliphatic hydroxyl groups excluding tert-OH is 1. The topological polar surface area (TPSA) is 60.9 Å². The minimum absolute atomic E-state index is 0.126. The second kappa shape index (κ2) is 13.9. The Labute approximate surface area is 230 Å². The molecule has 0 aromatic heterocycles. The first-order chi connectivity index (χ1) is 17.8. The third-order valence-corrected chi connectivity index (χ3v) is 7.63. The van der Waals surface area contributed by atoms with Crippen molar-refractivity contribution in [3.8, 4) is 0 Å². The minimum Gasteiger partial charge on any atom is -0.507 e. The Hall–Kier alpha value is -2.44. The predicted molar refractivity (Wildman–Crippen MR) is 155 cm³/mol. The molecule has 5 nitrogen and oxygen atoms in total. The van der Waals surface area contributed by atoms with Gasteiger partial charge >= 0.3 is 0 Å². The highest BCUT2D eigenvalue weighted by Crippen LogP contribution is 2.40. The zero-order valence-corrected chi connectivity index (χ0v) is 24.3. The summed E-state index contributed by atoms with van der Waals surface area (Å²) in [5.41, 5.74) is 2.72. The number of carbonyl (C=O) groups excluding carboxylic acids is 2. The van der Waals surface area contributed by atoms with Crippen LogP contribution in [-0.4, -0.2) is 52.8 Å². The van der Waals surface area contributed by atoms with E-state index >= 15 is 0 Å². The van der Waals surface area contributed by atoms with Gasteiger partial charge in [-0.2, -0.15) is 0 Å². The first-order valence-corrected chi connectivity index (χ1v) is 14.4. The summed E-state index contributed by atoms with van der Waals surface area (Å²) in [6.07, 6.45) is 5.39. The van der Waals surface area contributed by atoms with E-state index in [0.717, 1.165) is 61.8 Å². The molecule has 0 radical (unpaired) electrons. The monoisotopic (exact) mass is 568 g/mol. The lowest BCUT2D eigenvalue weighted by Gasteiger charge is -2.27. The summed E-state index contributed by atoms with van der Waals surface area (Å²) in [6, 6.07) is 14.6. The molecule has 1 unspecified atom stereocenters. The van der Waals surface area contributed by atoms with Crippen LogP contribution in [0.5, 0.6) is 0 Å². The fourth-order valence-corrected chi connectivity index (χ4v) is 5.11. The van der Waals surface area contributed by atoms with Gasteiger partial charge in [0.1, 0.15) is 5.76 Å². The molecule has 200 valence electrons. The quantitative estimate of drug-likeness (QED) is 0.156. The van der Waals surface area contributed by atoms with Crippen molar-refractivity contribution in [1.82, 2.24) is 9.80 Å². The summed E-state index contributed by atoms with van der Waals surface area (Å²) >= 11 is 3.42. The van der Waals surface area contributed by atoms with E-state index in [1.165, 1.54) is 5.56 Å². The molecule has 1 atom stereocenters. The van der Waals surface area contributed by atoms with Crippen molar-refractivity contribution in [2.45, 2.75) is 71.8 Å². The van der Waals surface area contributed by atoms with E-state index in [4.69, 9.17) is 0 Å². The molecule has 2 aromatic rings. The summed E-state index contributed by atoms with van der Waals surface area (Å²) in [7, 11) is 0. The van der Waals surface area contributed by atoms with Gasteiger partial charge in [-0.3, -0.25) is 9.59 Å². The summed E-state index contributed by atoms with van der Waals surface area (Å²) in [5, 5.41) is 11.3. The molecule has 1 amide bonds. The van der Waals surface area contributed by atoms with E-state index in [9.17, 15) is 14.7 Å². The van der Waals surface area contributed by atoms with Gasteiger partial charge in [0.2, 0.25) is 0 Å². The van der Waals surface area contributed by atoms with E-state index < -0.39 is 17.7 Å². The van der Waals surface area contributed by atoms with Crippen LogP contribution in [0.2, 0.25) is 0 Å². The molecule has 0 spiro atoms. The van der Waals surface area contributed by atoms with Crippen molar-refractivity contribution in [3.05, 3.63) is 75.3 Å². The largest absolute Gasteiger partial charge is 0.507 e. The van der Waals surface area contributed by atoms with Gasteiger partial charge in [0.15, 0.2) is 0 Å². The van der Waals surface area contributed by atoms with E-state index in [0.29, 0.717) is 18.0 Å². The predicted octanol–water partition coefficient (Wildman–Crippen LogP) is 7.29. The van der Waals surface area contributed by atoms with Gasteiger partial charge in [-0.25, -0.2) is 0 Å². The van der Waals surface area contributed by atoms with Crippen molar-refractivity contribution in [2.75, 3.05) is 26.2 Å². The lowest BCUT2D eigenvalue weighted by atomic mass is 9.93. The molecule has 6 heteroatoms. The first kappa shape index (κ1) is 29.1. The molecule has 1 heterocycles. The molecular weight excluding hydrogens is 528 g/mol. The van der Waals surface area contributed by atoms with Crippen molar-refractivity contribution in [1.29, 1.82) is 0 Å². The highest BCUT2D eigenvalue weighted by Gasteiger charge is 2.45. The number of unbranched alkanes of at least 4 members (excludes halogenated alkanes) is 2. The van der Waals surface area contributed by atoms with Crippen molar-refractivity contribution >= 4 is 33.4 Å². The second-order valence-electron chi connectivity index (χ2n) is 10.2. The van der Waals surface area contributed by atoms with Crippen LogP contribution < -0.4 is 0 Å². The fraction of sp³-hybridized carbons (Fsp3) is 0.484. The zero-order valence-electron chi connectivity index (χ0n) is 22.7. The summed E-state index contributed by atoms with van der Waals surface area (Å²) in [4.78, 5) is 30.7. The van der Waals surface area contributed by atoms with Crippen molar-refractivity contribution < 1.29 is 14.7 Å². The SMILES string of the molecule is CCCCN(CCCC)CCCN1C(=O)C(=O)/C(=C(/O)c2ccc(Br)cc2)C1c1ccc(C(C)C)cc1. The molecular formula is C31H41BrN2O3. The number of hydrogen-bond acceptors (Lipinski definition) is 4. The highest BCUT2D eigenvalue weighted by atomic mass is 79.9. The van der Waals surface area contributed by atoms with Gasteiger partial charge in [0.25, 0.3) is 11.7 Å². The number of hydrogen-bond donors (Lipinski definition) is 1. The molecule has 1 aliphatic heterocycles. The molecule has 0 bridgehead atoms. The van der Waals surface area contributed by atoms with E-state index in [2.05, 4.69) is 60.7 Å². The molecule has 37 heavy (non-hydrogen) atoms. The van der Waals surface area contributed by atoms with Crippen LogP contribution in [0.25, 0.3) is 5.76 Å². The number of aliphatic hydroxyl groups is 1. The van der Waals surface area contributed by atoms with Gasteiger partial charge in [-0.1, -0.05) is 92.9 Å². The fourth-order valence-electron chi connectivity index (χ4n) is 4.85. The van der Waals surface area contributed by atoms with Crippen LogP contribution in [0, 0.1) is 0 Å². The highest BCUT2D eigenvalue weighted by molar-refractivity contribution is 9.10. The van der Waals surface area contributed by atoms with Gasteiger partial charge in [0, 0.05) is 16.6 Å². The number of halogens is 1. The van der Waals surface area contributed by atoms with Crippen LogP contribution in [0.15, 0.2) is 58.6 Å². The van der Waals surface area contributed by atoms with E-state index in [1.54, 1.807) is 17.0 Å². The number of nitrogens with zero attached hydrogens (tertiary/aromatic N) is 2. The van der Waals surface area contributed by atoms with E-state index in [1.807, 2.05) is 24.3 Å². The Morgan fingerprint density at radius 2 is 1.49 bits per heavy atom. The summed E-state index contributed by atoms with van der Waals surface area (Å²) < 4.78 is 0.876. The second-order valence-corrected chi connectivity index (χ2v) is 11.1. The minimum atomic E-state index is -0.618. The van der Waals surface area contributed by atoms with Crippen molar-refractivity contribution in [3.63, 3.8) is 0 Å². The number of benzene rings is 2. The number of likely N-dealkylation sites (tertiary alicyclic amines) is 1. The Kier molecular flexibility index (Phi) is 11.0. The normalized spacial score (nSPS) is 17.4. The Balaban J connectivity index is 1.93.